The Morgan fingerprint density at radius 2 is 2.17 bits per heavy atom. The van der Waals surface area contributed by atoms with Gasteiger partial charge in [0.05, 0.1) is 13.1 Å². The minimum Gasteiger partial charge on any atom is -0.440 e. The largest absolute Gasteiger partial charge is 0.440 e. The zero-order chi connectivity index (χ0) is 16.6. The second-order valence-corrected chi connectivity index (χ2v) is 6.78. The molecular formula is C18H21N3O3. The third-order valence-corrected chi connectivity index (χ3v) is 4.77. The van der Waals surface area contributed by atoms with E-state index in [-0.39, 0.29) is 11.7 Å². The summed E-state index contributed by atoms with van der Waals surface area (Å²) in [5, 5.41) is 6.95. The first-order valence-corrected chi connectivity index (χ1v) is 8.34. The number of aryl methyl sites for hydroxylation is 1. The van der Waals surface area contributed by atoms with Crippen molar-refractivity contribution in [3.8, 4) is 11.3 Å². The van der Waals surface area contributed by atoms with E-state index < -0.39 is 0 Å². The maximum Gasteiger partial charge on any atom is 0.407 e. The fourth-order valence-electron chi connectivity index (χ4n) is 3.52. The number of hydrogen-bond donors (Lipinski definition) is 1. The fraction of sp³-hybridized carbons (Fsp3) is 0.444. The molecule has 2 saturated heterocycles. The number of hydrogen-bond acceptors (Lipinski definition) is 5. The van der Waals surface area contributed by atoms with Gasteiger partial charge in [-0.2, -0.15) is 0 Å². The van der Waals surface area contributed by atoms with Crippen LogP contribution < -0.4 is 5.32 Å². The monoisotopic (exact) mass is 327 g/mol. The van der Waals surface area contributed by atoms with Gasteiger partial charge in [-0.15, -0.1) is 0 Å². The predicted octanol–water partition coefficient (Wildman–Crippen LogP) is 2.72. The topological polar surface area (TPSA) is 67.6 Å². The molecule has 3 heterocycles. The zero-order valence-corrected chi connectivity index (χ0v) is 13.7. The molecule has 1 spiro atoms. The molecule has 0 radical (unpaired) electrons. The molecule has 1 aromatic carbocycles. The van der Waals surface area contributed by atoms with Crippen LogP contribution in [0, 0.1) is 6.92 Å². The van der Waals surface area contributed by atoms with Crippen LogP contribution in [0.25, 0.3) is 11.3 Å². The fourth-order valence-corrected chi connectivity index (χ4v) is 3.52. The highest BCUT2D eigenvalue weighted by Crippen LogP contribution is 2.29. The number of piperidine rings is 1. The quantitative estimate of drug-likeness (QED) is 0.939. The van der Waals surface area contributed by atoms with Crippen LogP contribution in [0.5, 0.6) is 0 Å². The average Bonchev–Trinajstić information content (AvgIpc) is 3.16. The molecule has 1 atom stereocenters. The van der Waals surface area contributed by atoms with E-state index in [1.807, 2.05) is 6.07 Å². The molecule has 2 aliphatic heterocycles. The lowest BCUT2D eigenvalue weighted by Gasteiger charge is -2.37. The number of aromatic nitrogens is 1. The summed E-state index contributed by atoms with van der Waals surface area (Å²) >= 11 is 0. The van der Waals surface area contributed by atoms with Crippen LogP contribution in [0.4, 0.5) is 4.79 Å². The molecule has 1 amide bonds. The van der Waals surface area contributed by atoms with Crippen molar-refractivity contribution in [2.24, 2.45) is 0 Å². The lowest BCUT2D eigenvalue weighted by atomic mass is 9.93. The van der Waals surface area contributed by atoms with Crippen LogP contribution in [0.15, 0.2) is 34.9 Å². The van der Waals surface area contributed by atoms with Gasteiger partial charge in [0, 0.05) is 18.2 Å². The lowest BCUT2D eigenvalue weighted by molar-refractivity contribution is -0.0132. The number of amides is 1. The highest BCUT2D eigenvalue weighted by atomic mass is 16.6. The highest BCUT2D eigenvalue weighted by Gasteiger charge is 2.43. The highest BCUT2D eigenvalue weighted by molar-refractivity contribution is 5.70. The molecule has 0 saturated carbocycles. The predicted molar refractivity (Wildman–Crippen MR) is 88.4 cm³/mol. The smallest absolute Gasteiger partial charge is 0.407 e. The molecule has 6 heteroatoms. The van der Waals surface area contributed by atoms with E-state index in [1.165, 1.54) is 5.56 Å². The van der Waals surface area contributed by atoms with E-state index in [0.717, 1.165) is 42.9 Å². The Kier molecular flexibility index (Phi) is 3.76. The summed E-state index contributed by atoms with van der Waals surface area (Å²) in [7, 11) is 0. The number of rotatable bonds is 3. The Balaban J connectivity index is 1.44. The van der Waals surface area contributed by atoms with Crippen molar-refractivity contribution in [3.63, 3.8) is 0 Å². The van der Waals surface area contributed by atoms with Gasteiger partial charge in [0.1, 0.15) is 11.3 Å². The Hall–Kier alpha value is -2.34. The van der Waals surface area contributed by atoms with Gasteiger partial charge in [-0.25, -0.2) is 4.79 Å². The molecule has 1 aromatic heterocycles. The molecule has 2 fully saturated rings. The third-order valence-electron chi connectivity index (χ3n) is 4.77. The van der Waals surface area contributed by atoms with Crippen LogP contribution >= 0.6 is 0 Å². The van der Waals surface area contributed by atoms with Crippen molar-refractivity contribution >= 4 is 6.09 Å². The zero-order valence-electron chi connectivity index (χ0n) is 13.7. The first-order chi connectivity index (χ1) is 11.6. The van der Waals surface area contributed by atoms with Gasteiger partial charge in [0.25, 0.3) is 0 Å². The SMILES string of the molecule is Cc1ccc(-c2cc(CN3CCC[C@@]4(CNC(=O)O4)C3)on2)cc1. The summed E-state index contributed by atoms with van der Waals surface area (Å²) in [5.74, 6) is 0.833. The number of alkyl carbamates (subject to hydrolysis) is 1. The van der Waals surface area contributed by atoms with Crippen LogP contribution in [0.3, 0.4) is 0 Å². The maximum absolute atomic E-state index is 11.4. The van der Waals surface area contributed by atoms with Crippen molar-refractivity contribution in [1.82, 2.24) is 15.4 Å². The number of carbonyl (C=O) groups excluding carboxylic acids is 1. The van der Waals surface area contributed by atoms with Crippen LogP contribution in [-0.2, 0) is 11.3 Å². The average molecular weight is 327 g/mol. The van der Waals surface area contributed by atoms with E-state index in [4.69, 9.17) is 9.26 Å². The first kappa shape index (κ1) is 15.2. The lowest BCUT2D eigenvalue weighted by Crippen LogP contribution is -2.50. The standard InChI is InChI=1S/C18H21N3O3/c1-13-3-5-14(6-4-13)16-9-15(24-20-16)10-21-8-2-7-18(12-21)11-19-17(22)23-18/h3-6,9H,2,7-8,10-12H2,1H3,(H,19,22)/t18-/m1/s1. The van der Waals surface area contributed by atoms with Crippen molar-refractivity contribution in [2.75, 3.05) is 19.6 Å². The normalized spacial score (nSPS) is 24.1. The molecule has 126 valence electrons. The van der Waals surface area contributed by atoms with Crippen molar-refractivity contribution in [2.45, 2.75) is 31.9 Å². The molecule has 2 aliphatic rings. The summed E-state index contributed by atoms with van der Waals surface area (Å²) in [4.78, 5) is 13.7. The summed E-state index contributed by atoms with van der Waals surface area (Å²) in [5.41, 5.74) is 2.75. The molecule has 0 unspecified atom stereocenters. The number of likely N-dealkylation sites (tertiary alicyclic amines) is 1. The number of nitrogens with zero attached hydrogens (tertiary/aromatic N) is 2. The van der Waals surface area contributed by atoms with Crippen molar-refractivity contribution in [3.05, 3.63) is 41.7 Å². The number of ether oxygens (including phenoxy) is 1. The van der Waals surface area contributed by atoms with E-state index >= 15 is 0 Å². The van der Waals surface area contributed by atoms with Crippen LogP contribution in [0.2, 0.25) is 0 Å². The second kappa shape index (κ2) is 5.94. The third kappa shape index (κ3) is 3.01. The van der Waals surface area contributed by atoms with E-state index in [2.05, 4.69) is 46.6 Å². The van der Waals surface area contributed by atoms with E-state index in [0.29, 0.717) is 13.1 Å². The summed E-state index contributed by atoms with van der Waals surface area (Å²) in [6.07, 6.45) is 1.61. The summed E-state index contributed by atoms with van der Waals surface area (Å²) in [6, 6.07) is 10.2. The number of carbonyl (C=O) groups is 1. The molecule has 6 nitrogen and oxygen atoms in total. The van der Waals surface area contributed by atoms with Crippen molar-refractivity contribution < 1.29 is 14.1 Å². The minimum absolute atomic E-state index is 0.307. The van der Waals surface area contributed by atoms with Crippen LogP contribution in [-0.4, -0.2) is 41.4 Å². The van der Waals surface area contributed by atoms with Gasteiger partial charge >= 0.3 is 6.09 Å². The Morgan fingerprint density at radius 1 is 1.33 bits per heavy atom. The summed E-state index contributed by atoms with van der Waals surface area (Å²) in [6.45, 7) is 5.03. The van der Waals surface area contributed by atoms with Crippen molar-refractivity contribution in [1.29, 1.82) is 0 Å². The molecule has 1 N–H and O–H groups in total. The Labute approximate surface area is 140 Å². The van der Waals surface area contributed by atoms with Gasteiger partial charge in [-0.1, -0.05) is 35.0 Å². The van der Waals surface area contributed by atoms with Gasteiger partial charge in [-0.3, -0.25) is 4.90 Å². The molecule has 0 aliphatic carbocycles. The maximum atomic E-state index is 11.4. The molecular weight excluding hydrogens is 306 g/mol. The number of nitrogens with one attached hydrogen (secondary N) is 1. The molecule has 2 aromatic rings. The van der Waals surface area contributed by atoms with Gasteiger partial charge in [-0.05, 0) is 26.3 Å². The minimum atomic E-state index is -0.380. The summed E-state index contributed by atoms with van der Waals surface area (Å²) < 4.78 is 11.0. The molecule has 0 bridgehead atoms. The number of benzene rings is 1. The van der Waals surface area contributed by atoms with Gasteiger partial charge < -0.3 is 14.6 Å². The van der Waals surface area contributed by atoms with Gasteiger partial charge in [0.2, 0.25) is 0 Å². The second-order valence-electron chi connectivity index (χ2n) is 6.78. The van der Waals surface area contributed by atoms with Gasteiger partial charge in [0.15, 0.2) is 5.76 Å². The molecule has 4 rings (SSSR count). The Bertz CT molecular complexity index is 740. The van der Waals surface area contributed by atoms with E-state index in [1.54, 1.807) is 0 Å². The first-order valence-electron chi connectivity index (χ1n) is 8.34. The Morgan fingerprint density at radius 3 is 2.92 bits per heavy atom. The molecule has 24 heavy (non-hydrogen) atoms. The van der Waals surface area contributed by atoms with E-state index in [9.17, 15) is 4.79 Å². The van der Waals surface area contributed by atoms with Crippen LogP contribution in [0.1, 0.15) is 24.2 Å².